The van der Waals surface area contributed by atoms with Crippen LogP contribution in [-0.2, 0) is 32.6 Å². The topological polar surface area (TPSA) is 86.8 Å². The first kappa shape index (κ1) is 33.4. The average Bonchev–Trinajstić information content (AvgIpc) is 3.02. The van der Waals surface area contributed by atoms with Gasteiger partial charge < -0.3 is 10.2 Å². The molecule has 1 N–H and O–H groups in total. The molecule has 0 saturated carbocycles. The zero-order chi connectivity index (χ0) is 32.6. The molecule has 0 spiro atoms. The van der Waals surface area contributed by atoms with E-state index in [0.29, 0.717) is 6.54 Å². The zero-order valence-corrected chi connectivity index (χ0v) is 26.9. The molecule has 236 valence electrons. The molecule has 0 aliphatic rings. The summed E-state index contributed by atoms with van der Waals surface area (Å²) in [5, 5.41) is 2.98. The van der Waals surface area contributed by atoms with E-state index in [2.05, 4.69) is 5.32 Å². The van der Waals surface area contributed by atoms with Crippen LogP contribution < -0.4 is 9.62 Å². The highest BCUT2D eigenvalue weighted by atomic mass is 32.2. The lowest BCUT2D eigenvalue weighted by Crippen LogP contribution is -2.53. The van der Waals surface area contributed by atoms with Gasteiger partial charge in [-0.25, -0.2) is 12.8 Å². The van der Waals surface area contributed by atoms with Crippen molar-refractivity contribution in [2.24, 2.45) is 5.92 Å². The van der Waals surface area contributed by atoms with Crippen molar-refractivity contribution in [3.63, 3.8) is 0 Å². The molecule has 0 aromatic heterocycles. The van der Waals surface area contributed by atoms with Crippen LogP contribution in [0.25, 0.3) is 0 Å². The normalized spacial score (nSPS) is 12.0. The number of carbonyl (C=O) groups is 2. The van der Waals surface area contributed by atoms with Crippen LogP contribution in [-0.4, -0.2) is 44.3 Å². The lowest BCUT2D eigenvalue weighted by Gasteiger charge is -2.34. The molecule has 0 saturated heterocycles. The Morgan fingerprint density at radius 3 is 2.07 bits per heavy atom. The van der Waals surface area contributed by atoms with Crippen molar-refractivity contribution >= 4 is 27.5 Å². The fourth-order valence-electron chi connectivity index (χ4n) is 4.92. The molecule has 4 rings (SSSR count). The molecule has 7 nitrogen and oxygen atoms in total. The number of amides is 2. The summed E-state index contributed by atoms with van der Waals surface area (Å²) in [6.07, 6.45) is 0.226. The number of sulfonamides is 1. The molecular weight excluding hydrogens is 589 g/mol. The van der Waals surface area contributed by atoms with Crippen LogP contribution in [0.3, 0.4) is 0 Å². The van der Waals surface area contributed by atoms with Gasteiger partial charge in [-0.05, 0) is 72.9 Å². The third kappa shape index (κ3) is 8.79. The van der Waals surface area contributed by atoms with Gasteiger partial charge in [-0.15, -0.1) is 0 Å². The maximum atomic E-state index is 14.5. The maximum absolute atomic E-state index is 14.5. The molecule has 2 amide bonds. The maximum Gasteiger partial charge on any atom is 0.264 e. The second-order valence-corrected chi connectivity index (χ2v) is 13.5. The number of carbonyl (C=O) groups excluding carboxylic acids is 2. The van der Waals surface area contributed by atoms with E-state index < -0.39 is 34.3 Å². The third-order valence-corrected chi connectivity index (χ3v) is 9.35. The summed E-state index contributed by atoms with van der Waals surface area (Å²) >= 11 is 0. The van der Waals surface area contributed by atoms with Gasteiger partial charge in [0.2, 0.25) is 11.8 Å². The molecule has 0 radical (unpaired) electrons. The summed E-state index contributed by atoms with van der Waals surface area (Å²) in [6, 6.07) is 27.3. The van der Waals surface area contributed by atoms with Crippen molar-refractivity contribution in [2.75, 3.05) is 17.4 Å². The van der Waals surface area contributed by atoms with E-state index >= 15 is 0 Å². The highest BCUT2D eigenvalue weighted by Gasteiger charge is 2.34. The van der Waals surface area contributed by atoms with Crippen molar-refractivity contribution < 1.29 is 22.4 Å². The fraction of sp³-hybridized carbons (Fsp3) is 0.278. The van der Waals surface area contributed by atoms with Crippen LogP contribution in [0.5, 0.6) is 0 Å². The Kier molecular flexibility index (Phi) is 11.1. The molecule has 0 bridgehead atoms. The molecule has 9 heteroatoms. The third-order valence-electron chi connectivity index (χ3n) is 7.56. The van der Waals surface area contributed by atoms with Crippen molar-refractivity contribution in [2.45, 2.75) is 51.6 Å². The van der Waals surface area contributed by atoms with Gasteiger partial charge in [0.05, 0.1) is 10.6 Å². The number of nitrogens with zero attached hydrogens (tertiary/aromatic N) is 2. The number of nitrogens with one attached hydrogen (secondary N) is 1. The highest BCUT2D eigenvalue weighted by Crippen LogP contribution is 2.26. The molecule has 0 aliphatic heterocycles. The van der Waals surface area contributed by atoms with Gasteiger partial charge in [0.15, 0.2) is 0 Å². The number of anilines is 1. The number of rotatable bonds is 13. The Balaban J connectivity index is 1.80. The van der Waals surface area contributed by atoms with Gasteiger partial charge in [-0.3, -0.25) is 13.9 Å². The van der Waals surface area contributed by atoms with E-state index in [0.717, 1.165) is 38.7 Å². The smallest absolute Gasteiger partial charge is 0.264 e. The lowest BCUT2D eigenvalue weighted by atomic mass is 10.0. The van der Waals surface area contributed by atoms with Crippen LogP contribution in [0.4, 0.5) is 10.1 Å². The monoisotopic (exact) mass is 629 g/mol. The summed E-state index contributed by atoms with van der Waals surface area (Å²) in [5.41, 5.74) is 3.62. The van der Waals surface area contributed by atoms with E-state index in [1.54, 1.807) is 12.1 Å². The van der Waals surface area contributed by atoms with E-state index in [-0.39, 0.29) is 35.4 Å². The summed E-state index contributed by atoms with van der Waals surface area (Å²) in [7, 11) is -4.26. The lowest BCUT2D eigenvalue weighted by molar-refractivity contribution is -0.140. The van der Waals surface area contributed by atoms with Crippen LogP contribution in [0.1, 0.15) is 36.1 Å². The molecule has 0 aliphatic carbocycles. The van der Waals surface area contributed by atoms with Gasteiger partial charge >= 0.3 is 0 Å². The number of aryl methyl sites for hydroxylation is 2. The van der Waals surface area contributed by atoms with Crippen LogP contribution in [0.2, 0.25) is 0 Å². The summed E-state index contributed by atoms with van der Waals surface area (Å²) in [6.45, 7) is 7.64. The van der Waals surface area contributed by atoms with Crippen molar-refractivity contribution in [3.05, 3.63) is 131 Å². The van der Waals surface area contributed by atoms with E-state index in [1.807, 2.05) is 82.3 Å². The molecule has 0 fully saturated rings. The Morgan fingerprint density at radius 1 is 0.822 bits per heavy atom. The first-order valence-corrected chi connectivity index (χ1v) is 16.4. The standard InChI is InChI=1S/C36H40FN3O4S/c1-26(2)23-38-36(42)34(22-29-11-6-5-7-12-29)39(24-30-13-9-8-10-28(30)4)35(41)25-40(32-18-16-31(37)17-19-32)45(43,44)33-20-14-27(3)15-21-33/h5-21,26,34H,22-25H2,1-4H3,(H,38,42)/t34-/m0/s1. The molecule has 0 heterocycles. The quantitative estimate of drug-likeness (QED) is 0.195. The Hall–Kier alpha value is -4.50. The first-order valence-electron chi connectivity index (χ1n) is 15.0. The predicted molar refractivity (Wildman–Crippen MR) is 176 cm³/mol. The average molecular weight is 630 g/mol. The van der Waals surface area contributed by atoms with Gasteiger partial charge in [-0.2, -0.15) is 0 Å². The van der Waals surface area contributed by atoms with Crippen molar-refractivity contribution in [1.82, 2.24) is 10.2 Å². The Morgan fingerprint density at radius 2 is 1.44 bits per heavy atom. The molecule has 1 atom stereocenters. The van der Waals surface area contributed by atoms with Crippen LogP contribution in [0.15, 0.2) is 108 Å². The van der Waals surface area contributed by atoms with E-state index in [9.17, 15) is 22.4 Å². The second-order valence-electron chi connectivity index (χ2n) is 11.6. The minimum Gasteiger partial charge on any atom is -0.354 e. The fourth-order valence-corrected chi connectivity index (χ4v) is 6.34. The van der Waals surface area contributed by atoms with Crippen molar-refractivity contribution in [1.29, 1.82) is 0 Å². The van der Waals surface area contributed by atoms with Gasteiger partial charge in [0.1, 0.15) is 18.4 Å². The summed E-state index contributed by atoms with van der Waals surface area (Å²) < 4.78 is 43.0. The number of halogens is 1. The number of hydrogen-bond acceptors (Lipinski definition) is 4. The SMILES string of the molecule is Cc1ccc(S(=O)(=O)N(CC(=O)N(Cc2ccccc2C)[C@@H](Cc2ccccc2)C(=O)NCC(C)C)c2ccc(F)cc2)cc1. The largest absolute Gasteiger partial charge is 0.354 e. The van der Waals surface area contributed by atoms with Crippen LogP contribution >= 0.6 is 0 Å². The van der Waals surface area contributed by atoms with Gasteiger partial charge in [0.25, 0.3) is 10.0 Å². The summed E-state index contributed by atoms with van der Waals surface area (Å²) in [4.78, 5) is 29.8. The molecule has 0 unspecified atom stereocenters. The van der Waals surface area contributed by atoms with Gasteiger partial charge in [0, 0.05) is 19.5 Å². The minimum absolute atomic E-state index is 0.00816. The molecular formula is C36H40FN3O4S. The first-order chi connectivity index (χ1) is 21.5. The second kappa shape index (κ2) is 15.0. The molecule has 45 heavy (non-hydrogen) atoms. The Labute approximate surface area is 265 Å². The highest BCUT2D eigenvalue weighted by molar-refractivity contribution is 7.92. The molecule has 4 aromatic rings. The molecule has 4 aromatic carbocycles. The van der Waals surface area contributed by atoms with Crippen molar-refractivity contribution in [3.8, 4) is 0 Å². The van der Waals surface area contributed by atoms with Gasteiger partial charge in [-0.1, -0.05) is 86.1 Å². The zero-order valence-electron chi connectivity index (χ0n) is 26.1. The van der Waals surface area contributed by atoms with E-state index in [4.69, 9.17) is 0 Å². The Bertz CT molecular complexity index is 1690. The number of benzene rings is 4. The summed E-state index contributed by atoms with van der Waals surface area (Å²) in [5.74, 6) is -1.26. The van der Waals surface area contributed by atoms with E-state index in [1.165, 1.54) is 29.2 Å². The number of hydrogen-bond donors (Lipinski definition) is 1. The minimum atomic E-state index is -4.26. The van der Waals surface area contributed by atoms with Crippen LogP contribution in [0, 0.1) is 25.6 Å². The predicted octanol–water partition coefficient (Wildman–Crippen LogP) is 6.05.